The lowest BCUT2D eigenvalue weighted by molar-refractivity contribution is -0.147. The van der Waals surface area contributed by atoms with E-state index in [1.165, 1.54) is 0 Å². The number of aromatic nitrogens is 2. The lowest BCUT2D eigenvalue weighted by Crippen LogP contribution is -2.54. The van der Waals surface area contributed by atoms with Crippen LogP contribution in [-0.4, -0.2) is 58.8 Å². The monoisotopic (exact) mass is 442 g/mol. The maximum atomic E-state index is 13.5. The molecule has 2 aromatic heterocycles. The van der Waals surface area contributed by atoms with E-state index in [0.29, 0.717) is 25.9 Å². The van der Waals surface area contributed by atoms with Crippen molar-refractivity contribution in [3.63, 3.8) is 0 Å². The van der Waals surface area contributed by atoms with Gasteiger partial charge in [-0.25, -0.2) is 0 Å². The van der Waals surface area contributed by atoms with E-state index >= 15 is 0 Å². The smallest absolute Gasteiger partial charge is 0.230 e. The second kappa shape index (κ2) is 9.94. The van der Waals surface area contributed by atoms with Crippen molar-refractivity contribution in [2.75, 3.05) is 27.2 Å². The molecule has 1 fully saturated rings. The molecule has 0 radical (unpaired) electrons. The maximum Gasteiger partial charge on any atom is 0.230 e. The Bertz CT molecular complexity index is 1100. The zero-order valence-electron chi connectivity index (χ0n) is 19.3. The van der Waals surface area contributed by atoms with Gasteiger partial charge >= 0.3 is 0 Å². The Balaban J connectivity index is 1.59. The Hall–Kier alpha value is -3.54. The highest BCUT2D eigenvalue weighted by atomic mass is 16.2. The molecule has 1 aliphatic heterocycles. The highest BCUT2D eigenvalue weighted by Crippen LogP contribution is 2.36. The number of carbonyl (C=O) groups is 2. The van der Waals surface area contributed by atoms with E-state index in [1.807, 2.05) is 35.2 Å². The molecule has 0 saturated carbocycles. The molecule has 0 spiro atoms. The first-order chi connectivity index (χ1) is 16.0. The quantitative estimate of drug-likeness (QED) is 0.585. The van der Waals surface area contributed by atoms with Gasteiger partial charge in [-0.05, 0) is 59.7 Å². The van der Waals surface area contributed by atoms with Gasteiger partial charge < -0.3 is 9.80 Å². The largest absolute Gasteiger partial charge is 0.348 e. The number of pyridine rings is 2. The van der Waals surface area contributed by atoms with Crippen LogP contribution in [0.3, 0.4) is 0 Å². The van der Waals surface area contributed by atoms with E-state index in [0.717, 1.165) is 35.1 Å². The van der Waals surface area contributed by atoms with Gasteiger partial charge in [-0.3, -0.25) is 19.6 Å². The summed E-state index contributed by atoms with van der Waals surface area (Å²) in [7, 11) is 3.60. The van der Waals surface area contributed by atoms with Gasteiger partial charge in [-0.2, -0.15) is 0 Å². The lowest BCUT2D eigenvalue weighted by Gasteiger charge is -2.43. The Kier molecular flexibility index (Phi) is 6.82. The fraction of sp³-hybridized carbons (Fsp3) is 0.333. The summed E-state index contributed by atoms with van der Waals surface area (Å²) in [4.78, 5) is 38.3. The van der Waals surface area contributed by atoms with E-state index in [9.17, 15) is 9.59 Å². The number of carbonyl (C=O) groups excluding carboxylic acids is 2. The SMILES string of the molecule is CN(C)C(=O)C1(Cc2cccc(-c3ccncc3)c2)CCCN(C(=O)Cc2cccnc2)C1. The number of likely N-dealkylation sites (tertiary alicyclic amines) is 1. The van der Waals surface area contributed by atoms with E-state index in [4.69, 9.17) is 0 Å². The summed E-state index contributed by atoms with van der Waals surface area (Å²) in [6, 6.07) is 16.1. The Morgan fingerprint density at radius 3 is 2.48 bits per heavy atom. The molecule has 6 heteroatoms. The molecule has 0 N–H and O–H groups in total. The number of benzene rings is 1. The number of amides is 2. The predicted octanol–water partition coefficient (Wildman–Crippen LogP) is 3.63. The number of nitrogens with zero attached hydrogens (tertiary/aromatic N) is 4. The van der Waals surface area contributed by atoms with Crippen molar-refractivity contribution in [3.05, 3.63) is 84.4 Å². The standard InChI is InChI=1S/C27H30N4O2/c1-30(2)26(33)27(18-21-6-3-8-24(16-21)23-9-13-28-14-10-23)11-5-15-31(20-27)25(32)17-22-7-4-12-29-19-22/h3-4,6-10,12-14,16,19H,5,11,15,17-18,20H2,1-2H3. The molecule has 1 unspecified atom stereocenters. The summed E-state index contributed by atoms with van der Waals surface area (Å²) in [5, 5.41) is 0. The molecule has 0 aliphatic carbocycles. The van der Waals surface area contributed by atoms with Gasteiger partial charge in [-0.15, -0.1) is 0 Å². The van der Waals surface area contributed by atoms with Gasteiger partial charge in [-0.1, -0.05) is 30.3 Å². The topological polar surface area (TPSA) is 66.4 Å². The molecule has 1 atom stereocenters. The minimum Gasteiger partial charge on any atom is -0.348 e. The molecule has 170 valence electrons. The van der Waals surface area contributed by atoms with Crippen molar-refractivity contribution in [1.29, 1.82) is 0 Å². The summed E-state index contributed by atoms with van der Waals surface area (Å²) in [5.74, 6) is 0.125. The molecule has 4 rings (SSSR count). The van der Waals surface area contributed by atoms with E-state index in [1.54, 1.807) is 43.8 Å². The van der Waals surface area contributed by atoms with Crippen molar-refractivity contribution in [1.82, 2.24) is 19.8 Å². The minimum absolute atomic E-state index is 0.0455. The summed E-state index contributed by atoms with van der Waals surface area (Å²) in [6.45, 7) is 1.11. The number of hydrogen-bond acceptors (Lipinski definition) is 4. The van der Waals surface area contributed by atoms with Crippen molar-refractivity contribution >= 4 is 11.8 Å². The summed E-state index contributed by atoms with van der Waals surface area (Å²) in [6.07, 6.45) is 9.47. The zero-order chi connectivity index (χ0) is 23.3. The summed E-state index contributed by atoms with van der Waals surface area (Å²) in [5.41, 5.74) is 3.55. The number of piperidine rings is 1. The molecule has 6 nitrogen and oxygen atoms in total. The summed E-state index contributed by atoms with van der Waals surface area (Å²) < 4.78 is 0. The molecular formula is C27H30N4O2. The van der Waals surface area contributed by atoms with Crippen LogP contribution in [0.5, 0.6) is 0 Å². The third kappa shape index (κ3) is 5.28. The van der Waals surface area contributed by atoms with Gasteiger partial charge in [0.15, 0.2) is 0 Å². The van der Waals surface area contributed by atoms with Crippen LogP contribution in [0.1, 0.15) is 24.0 Å². The van der Waals surface area contributed by atoms with Crippen LogP contribution in [0.2, 0.25) is 0 Å². The third-order valence-electron chi connectivity index (χ3n) is 6.35. The highest BCUT2D eigenvalue weighted by Gasteiger charge is 2.44. The van der Waals surface area contributed by atoms with Crippen molar-refractivity contribution < 1.29 is 9.59 Å². The van der Waals surface area contributed by atoms with E-state index < -0.39 is 5.41 Å². The molecule has 0 bridgehead atoms. The Morgan fingerprint density at radius 2 is 1.76 bits per heavy atom. The molecule has 2 amide bonds. The molecule has 33 heavy (non-hydrogen) atoms. The van der Waals surface area contributed by atoms with Crippen LogP contribution in [0.15, 0.2) is 73.3 Å². The van der Waals surface area contributed by atoms with Gasteiger partial charge in [0.1, 0.15) is 0 Å². The lowest BCUT2D eigenvalue weighted by atomic mass is 9.73. The Labute approximate surface area is 195 Å². The van der Waals surface area contributed by atoms with Crippen LogP contribution in [-0.2, 0) is 22.4 Å². The van der Waals surface area contributed by atoms with Crippen LogP contribution in [0.4, 0.5) is 0 Å². The van der Waals surface area contributed by atoms with Crippen LogP contribution >= 0.6 is 0 Å². The van der Waals surface area contributed by atoms with Gasteiger partial charge in [0, 0.05) is 52.0 Å². The van der Waals surface area contributed by atoms with Gasteiger partial charge in [0.2, 0.25) is 11.8 Å². The first-order valence-electron chi connectivity index (χ1n) is 11.3. The van der Waals surface area contributed by atoms with Crippen molar-refractivity contribution in [3.8, 4) is 11.1 Å². The van der Waals surface area contributed by atoms with Gasteiger partial charge in [0.05, 0.1) is 11.8 Å². The maximum absolute atomic E-state index is 13.5. The molecule has 1 aliphatic rings. The zero-order valence-corrected chi connectivity index (χ0v) is 19.3. The second-order valence-corrected chi connectivity index (χ2v) is 9.05. The average Bonchev–Trinajstić information content (AvgIpc) is 2.85. The fourth-order valence-corrected chi connectivity index (χ4v) is 4.80. The van der Waals surface area contributed by atoms with Crippen LogP contribution in [0, 0.1) is 5.41 Å². The number of hydrogen-bond donors (Lipinski definition) is 0. The summed E-state index contributed by atoms with van der Waals surface area (Å²) >= 11 is 0. The predicted molar refractivity (Wildman–Crippen MR) is 128 cm³/mol. The van der Waals surface area contributed by atoms with Crippen molar-refractivity contribution in [2.24, 2.45) is 5.41 Å². The van der Waals surface area contributed by atoms with Crippen LogP contribution < -0.4 is 0 Å². The second-order valence-electron chi connectivity index (χ2n) is 9.05. The van der Waals surface area contributed by atoms with Crippen molar-refractivity contribution in [2.45, 2.75) is 25.7 Å². The number of rotatable bonds is 6. The molecule has 3 aromatic rings. The van der Waals surface area contributed by atoms with E-state index in [-0.39, 0.29) is 11.8 Å². The first-order valence-corrected chi connectivity index (χ1v) is 11.3. The molecule has 3 heterocycles. The molecule has 1 aromatic carbocycles. The molecule has 1 saturated heterocycles. The van der Waals surface area contributed by atoms with E-state index in [2.05, 4.69) is 28.2 Å². The van der Waals surface area contributed by atoms with Crippen LogP contribution in [0.25, 0.3) is 11.1 Å². The third-order valence-corrected chi connectivity index (χ3v) is 6.35. The molecular weight excluding hydrogens is 412 g/mol. The normalized spacial score (nSPS) is 18.1. The Morgan fingerprint density at radius 1 is 0.970 bits per heavy atom. The van der Waals surface area contributed by atoms with Gasteiger partial charge in [0.25, 0.3) is 0 Å². The average molecular weight is 443 g/mol. The first kappa shape index (κ1) is 22.6. The fourth-order valence-electron chi connectivity index (χ4n) is 4.80. The minimum atomic E-state index is -0.636. The highest BCUT2D eigenvalue weighted by molar-refractivity contribution is 5.85.